The van der Waals surface area contributed by atoms with Crippen LogP contribution in [0.1, 0.15) is 38.7 Å². The summed E-state index contributed by atoms with van der Waals surface area (Å²) in [5.41, 5.74) is 0.470. The molecule has 1 aromatic rings. The van der Waals surface area contributed by atoms with Crippen molar-refractivity contribution < 1.29 is 0 Å². The fourth-order valence-corrected chi connectivity index (χ4v) is 2.45. The summed E-state index contributed by atoms with van der Waals surface area (Å²) >= 11 is 0. The van der Waals surface area contributed by atoms with E-state index in [-0.39, 0.29) is 0 Å². The van der Waals surface area contributed by atoms with Gasteiger partial charge in [-0.15, -0.1) is 0 Å². The molecular formula is C17H27N3. The molecule has 1 N–H and O–H groups in total. The Labute approximate surface area is 123 Å². The van der Waals surface area contributed by atoms with Crippen LogP contribution in [0.4, 0.5) is 0 Å². The molecule has 0 aliphatic rings. The average Bonchev–Trinajstić information content (AvgIpc) is 2.52. The smallest absolute Gasteiger partial charge is 0.133 e. The van der Waals surface area contributed by atoms with E-state index in [2.05, 4.69) is 30.1 Å². The van der Waals surface area contributed by atoms with Gasteiger partial charge in [0.15, 0.2) is 0 Å². The molecule has 0 aliphatic carbocycles. The van der Waals surface area contributed by atoms with E-state index in [1.54, 1.807) is 0 Å². The Morgan fingerprint density at radius 3 is 2.40 bits per heavy atom. The highest BCUT2D eigenvalue weighted by atomic mass is 15.1. The predicted octanol–water partition coefficient (Wildman–Crippen LogP) is 3.14. The first-order chi connectivity index (χ1) is 9.72. The highest BCUT2D eigenvalue weighted by Gasteiger charge is 2.30. The first kappa shape index (κ1) is 16.7. The summed E-state index contributed by atoms with van der Waals surface area (Å²) in [4.78, 5) is 2.43. The van der Waals surface area contributed by atoms with Crippen molar-refractivity contribution in [3.05, 3.63) is 35.9 Å². The van der Waals surface area contributed by atoms with E-state index in [9.17, 15) is 5.26 Å². The van der Waals surface area contributed by atoms with Gasteiger partial charge in [-0.2, -0.15) is 5.26 Å². The summed E-state index contributed by atoms with van der Waals surface area (Å²) in [5.74, 6) is 0. The number of rotatable bonds is 9. The number of hydrogen-bond donors (Lipinski definition) is 1. The fourth-order valence-electron chi connectivity index (χ4n) is 2.45. The van der Waals surface area contributed by atoms with Crippen LogP contribution in [0.2, 0.25) is 0 Å². The zero-order valence-electron chi connectivity index (χ0n) is 13.0. The molecule has 1 rings (SSSR count). The van der Waals surface area contributed by atoms with Gasteiger partial charge >= 0.3 is 0 Å². The van der Waals surface area contributed by atoms with Gasteiger partial charge < -0.3 is 4.90 Å². The van der Waals surface area contributed by atoms with Crippen molar-refractivity contribution in [3.8, 4) is 6.07 Å². The van der Waals surface area contributed by atoms with E-state index in [1.165, 1.54) is 12.8 Å². The second-order valence-electron chi connectivity index (χ2n) is 5.17. The van der Waals surface area contributed by atoms with E-state index in [0.717, 1.165) is 31.6 Å². The van der Waals surface area contributed by atoms with Crippen molar-refractivity contribution in [2.75, 3.05) is 26.7 Å². The number of unbranched alkanes of at least 4 members (excludes halogenated alkanes) is 1. The van der Waals surface area contributed by atoms with Gasteiger partial charge in [0.05, 0.1) is 6.07 Å². The van der Waals surface area contributed by atoms with Crippen LogP contribution in [-0.4, -0.2) is 31.6 Å². The lowest BCUT2D eigenvalue weighted by molar-refractivity contribution is 0.251. The Morgan fingerprint density at radius 2 is 1.90 bits per heavy atom. The third-order valence-electron chi connectivity index (χ3n) is 3.96. The lowest BCUT2D eigenvalue weighted by atomic mass is 9.88. The second-order valence-corrected chi connectivity index (χ2v) is 5.17. The normalized spacial score (nSPS) is 13.9. The first-order valence-electron chi connectivity index (χ1n) is 7.60. The Bertz CT molecular complexity index is 410. The molecule has 0 radical (unpaired) electrons. The van der Waals surface area contributed by atoms with Crippen LogP contribution < -0.4 is 5.32 Å². The molecule has 0 heterocycles. The minimum absolute atomic E-state index is 0.582. The van der Waals surface area contributed by atoms with E-state index >= 15 is 0 Å². The minimum Gasteiger partial charge on any atom is -0.303 e. The largest absolute Gasteiger partial charge is 0.303 e. The molecule has 0 bridgehead atoms. The van der Waals surface area contributed by atoms with Gasteiger partial charge in [-0.3, -0.25) is 5.32 Å². The van der Waals surface area contributed by atoms with Crippen LogP contribution in [0.25, 0.3) is 0 Å². The Kier molecular flexibility index (Phi) is 7.28. The zero-order valence-corrected chi connectivity index (χ0v) is 13.0. The van der Waals surface area contributed by atoms with Gasteiger partial charge in [-0.25, -0.2) is 0 Å². The summed E-state index contributed by atoms with van der Waals surface area (Å²) in [6.45, 7) is 7.50. The Hall–Kier alpha value is -1.37. The molecular weight excluding hydrogens is 246 g/mol. The van der Waals surface area contributed by atoms with E-state index in [4.69, 9.17) is 0 Å². The molecule has 0 amide bonds. The number of nitrogens with zero attached hydrogens (tertiary/aromatic N) is 2. The molecule has 110 valence electrons. The van der Waals surface area contributed by atoms with E-state index in [1.807, 2.05) is 37.4 Å². The minimum atomic E-state index is -0.582. The maximum Gasteiger partial charge on any atom is 0.133 e. The van der Waals surface area contributed by atoms with Crippen molar-refractivity contribution >= 4 is 0 Å². The molecule has 0 saturated heterocycles. The lowest BCUT2D eigenvalue weighted by Crippen LogP contribution is -2.42. The summed E-state index contributed by atoms with van der Waals surface area (Å²) in [5, 5.41) is 12.9. The molecule has 3 heteroatoms. The van der Waals surface area contributed by atoms with Crippen LogP contribution in [0.3, 0.4) is 0 Å². The van der Waals surface area contributed by atoms with Gasteiger partial charge in [0.1, 0.15) is 5.54 Å². The molecule has 1 unspecified atom stereocenters. The van der Waals surface area contributed by atoms with Crippen molar-refractivity contribution in [1.29, 1.82) is 5.26 Å². The highest BCUT2D eigenvalue weighted by Crippen LogP contribution is 2.24. The van der Waals surface area contributed by atoms with Crippen LogP contribution >= 0.6 is 0 Å². The fraction of sp³-hybridized carbons (Fsp3) is 0.588. The summed E-state index contributed by atoms with van der Waals surface area (Å²) in [6, 6.07) is 12.5. The molecule has 0 aliphatic heterocycles. The van der Waals surface area contributed by atoms with Gasteiger partial charge in [0.2, 0.25) is 0 Å². The van der Waals surface area contributed by atoms with Crippen molar-refractivity contribution in [3.63, 3.8) is 0 Å². The standard InChI is InChI=1S/C17H27N3/c1-4-6-13-20(5-2)14-12-17(15-18,19-3)16-10-8-7-9-11-16/h7-11,19H,4-6,12-14H2,1-3H3. The maximum atomic E-state index is 9.66. The van der Waals surface area contributed by atoms with Crippen LogP contribution in [0.5, 0.6) is 0 Å². The Balaban J connectivity index is 2.75. The summed E-state index contributed by atoms with van der Waals surface area (Å²) in [7, 11) is 1.87. The van der Waals surface area contributed by atoms with Crippen LogP contribution in [0.15, 0.2) is 30.3 Å². The Morgan fingerprint density at radius 1 is 1.20 bits per heavy atom. The molecule has 0 aromatic heterocycles. The third-order valence-corrected chi connectivity index (χ3v) is 3.96. The van der Waals surface area contributed by atoms with Gasteiger partial charge in [0, 0.05) is 6.54 Å². The monoisotopic (exact) mass is 273 g/mol. The SMILES string of the molecule is CCCCN(CC)CCC(C#N)(NC)c1ccccc1. The number of hydrogen-bond acceptors (Lipinski definition) is 3. The van der Waals surface area contributed by atoms with Crippen molar-refractivity contribution in [2.45, 2.75) is 38.6 Å². The van der Waals surface area contributed by atoms with Crippen molar-refractivity contribution in [2.24, 2.45) is 0 Å². The van der Waals surface area contributed by atoms with Crippen LogP contribution in [-0.2, 0) is 5.54 Å². The lowest BCUT2D eigenvalue weighted by Gasteiger charge is -2.30. The molecule has 0 spiro atoms. The quantitative estimate of drug-likeness (QED) is 0.751. The van der Waals surface area contributed by atoms with E-state index < -0.39 is 5.54 Å². The van der Waals surface area contributed by atoms with Gasteiger partial charge in [-0.1, -0.05) is 50.6 Å². The number of nitrogens with one attached hydrogen (secondary N) is 1. The molecule has 0 fully saturated rings. The molecule has 3 nitrogen and oxygen atoms in total. The number of benzene rings is 1. The molecule has 1 aromatic carbocycles. The van der Waals surface area contributed by atoms with E-state index in [0.29, 0.717) is 0 Å². The number of nitriles is 1. The van der Waals surface area contributed by atoms with Crippen molar-refractivity contribution in [1.82, 2.24) is 10.2 Å². The molecule has 1 atom stereocenters. The third kappa shape index (κ3) is 4.33. The summed E-state index contributed by atoms with van der Waals surface area (Å²) in [6.07, 6.45) is 3.24. The van der Waals surface area contributed by atoms with Gasteiger partial charge in [0.25, 0.3) is 0 Å². The second kappa shape index (κ2) is 8.73. The van der Waals surface area contributed by atoms with Crippen LogP contribution in [0, 0.1) is 11.3 Å². The highest BCUT2D eigenvalue weighted by molar-refractivity contribution is 5.31. The topological polar surface area (TPSA) is 39.1 Å². The molecule has 20 heavy (non-hydrogen) atoms. The maximum absolute atomic E-state index is 9.66. The zero-order chi connectivity index (χ0) is 14.8. The molecule has 0 saturated carbocycles. The van der Waals surface area contributed by atoms with Gasteiger partial charge in [-0.05, 0) is 38.5 Å². The predicted molar refractivity (Wildman–Crippen MR) is 84.4 cm³/mol. The summed E-state index contributed by atoms with van der Waals surface area (Å²) < 4.78 is 0. The average molecular weight is 273 g/mol. The first-order valence-corrected chi connectivity index (χ1v) is 7.60.